The lowest BCUT2D eigenvalue weighted by molar-refractivity contribution is 0.436. The molecular formula is C58H38N2OS. The number of thiophene rings is 1. The summed E-state index contributed by atoms with van der Waals surface area (Å²) in [5.41, 5.74) is 16.5. The van der Waals surface area contributed by atoms with Crippen molar-refractivity contribution >= 4 is 43.3 Å². The molecular weight excluding hydrogens is 773 g/mol. The summed E-state index contributed by atoms with van der Waals surface area (Å²) >= 11 is 1.76. The molecule has 1 aliphatic carbocycles. The molecule has 292 valence electrons. The van der Waals surface area contributed by atoms with Crippen LogP contribution in [0.3, 0.4) is 0 Å². The maximum atomic E-state index is 6.60. The van der Waals surface area contributed by atoms with E-state index < -0.39 is 5.41 Å². The van der Waals surface area contributed by atoms with Crippen molar-refractivity contribution in [2.45, 2.75) is 12.3 Å². The Morgan fingerprint density at radius 1 is 0.532 bits per heavy atom. The van der Waals surface area contributed by atoms with Gasteiger partial charge in [-0.3, -0.25) is 0 Å². The first-order valence-corrected chi connectivity index (χ1v) is 21.9. The normalized spacial score (nSPS) is 13.5. The van der Waals surface area contributed by atoms with E-state index in [1.165, 1.54) is 38.1 Å². The first-order valence-electron chi connectivity index (χ1n) is 21.1. The van der Waals surface area contributed by atoms with E-state index in [1.54, 1.807) is 11.3 Å². The van der Waals surface area contributed by atoms with Crippen LogP contribution in [0.5, 0.6) is 11.5 Å². The van der Waals surface area contributed by atoms with Gasteiger partial charge < -0.3 is 4.74 Å². The average Bonchev–Trinajstić information content (AvgIpc) is 3.85. The predicted octanol–water partition coefficient (Wildman–Crippen LogP) is 15.4. The van der Waals surface area contributed by atoms with Gasteiger partial charge in [-0.25, -0.2) is 9.97 Å². The van der Waals surface area contributed by atoms with Gasteiger partial charge in [0.05, 0.1) is 21.3 Å². The minimum absolute atomic E-state index is 0.531. The molecule has 1 spiro atoms. The van der Waals surface area contributed by atoms with Crippen molar-refractivity contribution < 1.29 is 4.74 Å². The Labute approximate surface area is 364 Å². The molecule has 0 N–H and O–H groups in total. The molecule has 10 aromatic rings. The molecule has 1 aliphatic heterocycles. The number of fused-ring (bicyclic) bond motifs is 12. The number of benzene rings is 8. The van der Waals surface area contributed by atoms with Crippen LogP contribution < -0.4 is 4.74 Å². The minimum Gasteiger partial charge on any atom is -0.457 e. The van der Waals surface area contributed by atoms with Gasteiger partial charge in [0.15, 0.2) is 5.82 Å². The van der Waals surface area contributed by atoms with Crippen LogP contribution in [0, 0.1) is 0 Å². The van der Waals surface area contributed by atoms with E-state index in [1.807, 2.05) is 6.07 Å². The quantitative estimate of drug-likeness (QED) is 0.124. The van der Waals surface area contributed by atoms with Crippen molar-refractivity contribution in [3.05, 3.63) is 240 Å². The van der Waals surface area contributed by atoms with Crippen molar-refractivity contribution in [3.63, 3.8) is 0 Å². The van der Waals surface area contributed by atoms with Gasteiger partial charge in [0.25, 0.3) is 0 Å². The van der Waals surface area contributed by atoms with Gasteiger partial charge in [0.1, 0.15) is 11.5 Å². The van der Waals surface area contributed by atoms with Crippen LogP contribution in [0.2, 0.25) is 0 Å². The highest BCUT2D eigenvalue weighted by molar-refractivity contribution is 7.26. The lowest BCUT2D eigenvalue weighted by Gasteiger charge is -2.39. The third-order valence-electron chi connectivity index (χ3n) is 12.5. The Kier molecular flexibility index (Phi) is 8.48. The van der Waals surface area contributed by atoms with Crippen molar-refractivity contribution in [2.24, 2.45) is 0 Å². The molecule has 0 fully saturated rings. The molecule has 0 saturated heterocycles. The Morgan fingerprint density at radius 2 is 1.18 bits per heavy atom. The zero-order valence-corrected chi connectivity index (χ0v) is 34.7. The largest absolute Gasteiger partial charge is 0.457 e. The summed E-state index contributed by atoms with van der Waals surface area (Å²) in [5.74, 6) is 2.51. The van der Waals surface area contributed by atoms with Crippen LogP contribution in [-0.4, -0.2) is 9.97 Å². The highest BCUT2D eigenvalue weighted by atomic mass is 32.1. The van der Waals surface area contributed by atoms with Crippen molar-refractivity contribution in [1.29, 1.82) is 0 Å². The number of nitrogens with zero attached hydrogens (tertiary/aromatic N) is 2. The van der Waals surface area contributed by atoms with Crippen molar-refractivity contribution in [2.75, 3.05) is 0 Å². The first-order chi connectivity index (χ1) is 30.7. The van der Waals surface area contributed by atoms with E-state index in [9.17, 15) is 0 Å². The second-order valence-electron chi connectivity index (χ2n) is 16.0. The molecule has 2 aliphatic rings. The van der Waals surface area contributed by atoms with Gasteiger partial charge in [-0.1, -0.05) is 176 Å². The van der Waals surface area contributed by atoms with E-state index in [-0.39, 0.29) is 0 Å². The zero-order valence-electron chi connectivity index (χ0n) is 33.9. The number of hydrogen-bond acceptors (Lipinski definition) is 4. The Balaban J connectivity index is 0.999. The average molecular weight is 811 g/mol. The summed E-state index contributed by atoms with van der Waals surface area (Å²) in [6.07, 6.45) is 6.66. The molecule has 0 saturated carbocycles. The lowest BCUT2D eigenvalue weighted by atomic mass is 9.66. The molecule has 0 amide bonds. The molecule has 2 aromatic heterocycles. The highest BCUT2D eigenvalue weighted by Gasteiger charge is 2.51. The summed E-state index contributed by atoms with van der Waals surface area (Å²) < 4.78 is 8.89. The maximum Gasteiger partial charge on any atom is 0.160 e. The van der Waals surface area contributed by atoms with Gasteiger partial charge in [0, 0.05) is 32.3 Å². The topological polar surface area (TPSA) is 35.0 Å². The molecule has 0 unspecified atom stereocenters. The van der Waals surface area contributed by atoms with E-state index in [0.29, 0.717) is 0 Å². The number of aromatic nitrogens is 2. The van der Waals surface area contributed by atoms with E-state index in [2.05, 4.69) is 213 Å². The van der Waals surface area contributed by atoms with E-state index >= 15 is 0 Å². The van der Waals surface area contributed by atoms with E-state index in [4.69, 9.17) is 14.7 Å². The summed E-state index contributed by atoms with van der Waals surface area (Å²) in [6, 6.07) is 69.4. The van der Waals surface area contributed by atoms with Crippen LogP contribution in [0.25, 0.3) is 76.9 Å². The lowest BCUT2D eigenvalue weighted by Crippen LogP contribution is -2.32. The molecule has 0 bridgehead atoms. The second-order valence-corrected chi connectivity index (χ2v) is 17.0. The summed E-state index contributed by atoms with van der Waals surface area (Å²) in [7, 11) is 0. The molecule has 8 aromatic carbocycles. The van der Waals surface area contributed by atoms with Crippen molar-refractivity contribution in [1.82, 2.24) is 9.97 Å². The number of rotatable bonds is 6. The summed E-state index contributed by atoms with van der Waals surface area (Å²) in [6.45, 7) is 2.09. The van der Waals surface area contributed by atoms with Crippen LogP contribution in [0.4, 0.5) is 0 Å². The van der Waals surface area contributed by atoms with Gasteiger partial charge >= 0.3 is 0 Å². The molecule has 0 radical (unpaired) electrons. The maximum absolute atomic E-state index is 6.60. The number of para-hydroxylation sites is 2. The second kappa shape index (κ2) is 14.5. The highest BCUT2D eigenvalue weighted by Crippen LogP contribution is 2.62. The van der Waals surface area contributed by atoms with Crippen LogP contribution in [0.1, 0.15) is 40.3 Å². The summed E-state index contributed by atoms with van der Waals surface area (Å²) in [4.78, 5) is 10.6. The van der Waals surface area contributed by atoms with Gasteiger partial charge in [0.2, 0.25) is 0 Å². The van der Waals surface area contributed by atoms with Crippen LogP contribution >= 0.6 is 11.3 Å². The third kappa shape index (κ3) is 5.64. The predicted molar refractivity (Wildman–Crippen MR) is 258 cm³/mol. The fraction of sp³-hybridized carbons (Fsp3) is 0.0345. The standard InChI is InChI=1S/C58H38N2OS/c1-2-15-41(42-32-33-45-44-20-6-8-22-47(44)58(50(45)36-42)48-23-9-11-25-51(48)61-52-26-12-10-24-49(52)58)34-37-16-14-19-43(35-37)54-56-55(46-21-7-13-27-53(46)62-56)60-57(59-54)40-30-28-39(29-31-40)38-17-4-3-5-18-38/h2-36H,1H3/b15-2-,41-34-. The Bertz CT molecular complexity index is 3400. The molecule has 12 rings (SSSR count). The molecule has 3 heterocycles. The van der Waals surface area contributed by atoms with Crippen molar-refractivity contribution in [3.8, 4) is 56.4 Å². The monoisotopic (exact) mass is 810 g/mol. The first kappa shape index (κ1) is 36.2. The molecule has 4 heteroatoms. The molecule has 62 heavy (non-hydrogen) atoms. The number of hydrogen-bond donors (Lipinski definition) is 0. The smallest absolute Gasteiger partial charge is 0.160 e. The Hall–Kier alpha value is -7.66. The van der Waals surface area contributed by atoms with Crippen LogP contribution in [-0.2, 0) is 5.41 Å². The molecule has 3 nitrogen and oxygen atoms in total. The third-order valence-corrected chi connectivity index (χ3v) is 13.6. The SMILES string of the molecule is C/C=C\C(=C\c1cccc(-c2nc(-c3ccc(-c4ccccc4)cc3)nc3c2sc2ccccc23)c1)c1ccc2c(c1)C1(c3ccccc3Oc3ccccc31)c1ccccc1-2. The number of ether oxygens (including phenoxy) is 1. The van der Waals surface area contributed by atoms with Gasteiger partial charge in [-0.15, -0.1) is 11.3 Å². The fourth-order valence-electron chi connectivity index (χ4n) is 9.75. The molecule has 0 atom stereocenters. The fourth-order valence-corrected chi connectivity index (χ4v) is 10.9. The van der Waals surface area contributed by atoms with E-state index in [0.717, 1.165) is 77.6 Å². The zero-order chi connectivity index (χ0) is 41.2. The van der Waals surface area contributed by atoms with Gasteiger partial charge in [-0.05, 0) is 93.4 Å². The van der Waals surface area contributed by atoms with Gasteiger partial charge in [-0.2, -0.15) is 0 Å². The summed E-state index contributed by atoms with van der Waals surface area (Å²) in [5, 5.41) is 1.15. The van der Waals surface area contributed by atoms with Crippen LogP contribution in [0.15, 0.2) is 206 Å². The number of allylic oxidation sites excluding steroid dienone is 3. The Morgan fingerprint density at radius 3 is 1.97 bits per heavy atom. The minimum atomic E-state index is -0.531.